The van der Waals surface area contributed by atoms with Gasteiger partial charge < -0.3 is 15.0 Å². The van der Waals surface area contributed by atoms with Crippen molar-refractivity contribution in [2.75, 3.05) is 13.2 Å². The fourth-order valence-corrected chi connectivity index (χ4v) is 2.30. The van der Waals surface area contributed by atoms with E-state index >= 15 is 0 Å². The van der Waals surface area contributed by atoms with Crippen LogP contribution < -0.4 is 10.5 Å². The fourth-order valence-electron chi connectivity index (χ4n) is 2.30. The summed E-state index contributed by atoms with van der Waals surface area (Å²) < 4.78 is 10.9. The Bertz CT molecular complexity index is 567. The third-order valence-corrected chi connectivity index (χ3v) is 3.50. The largest absolute Gasteiger partial charge is 0.493 e. The van der Waals surface area contributed by atoms with Crippen molar-refractivity contribution < 1.29 is 9.26 Å². The molecule has 19 heavy (non-hydrogen) atoms. The lowest BCUT2D eigenvalue weighted by molar-refractivity contribution is 0.272. The Labute approximate surface area is 111 Å². The van der Waals surface area contributed by atoms with Crippen LogP contribution in [-0.4, -0.2) is 23.3 Å². The van der Waals surface area contributed by atoms with E-state index in [2.05, 4.69) is 16.2 Å². The van der Waals surface area contributed by atoms with Crippen LogP contribution in [0.3, 0.4) is 0 Å². The maximum absolute atomic E-state index is 5.64. The van der Waals surface area contributed by atoms with Gasteiger partial charge in [-0.1, -0.05) is 30.3 Å². The SMILES string of the molecule is CC(CN)c1nc(C2CCOc3ccccc32)no1. The van der Waals surface area contributed by atoms with Gasteiger partial charge in [0, 0.05) is 18.0 Å². The first-order valence-electron chi connectivity index (χ1n) is 6.55. The molecule has 2 unspecified atom stereocenters. The van der Waals surface area contributed by atoms with Gasteiger partial charge in [-0.05, 0) is 12.5 Å². The Hall–Kier alpha value is -1.88. The number of hydrogen-bond donors (Lipinski definition) is 1. The minimum atomic E-state index is 0.0938. The van der Waals surface area contributed by atoms with E-state index in [0.717, 1.165) is 23.6 Å². The summed E-state index contributed by atoms with van der Waals surface area (Å²) in [5, 5.41) is 4.11. The van der Waals surface area contributed by atoms with Crippen molar-refractivity contribution in [3.05, 3.63) is 41.5 Å². The van der Waals surface area contributed by atoms with Gasteiger partial charge in [0.1, 0.15) is 5.75 Å². The first-order valence-corrected chi connectivity index (χ1v) is 6.55. The van der Waals surface area contributed by atoms with E-state index in [9.17, 15) is 0 Å². The molecule has 0 saturated heterocycles. The summed E-state index contributed by atoms with van der Waals surface area (Å²) in [5.41, 5.74) is 6.75. The second-order valence-corrected chi connectivity index (χ2v) is 4.86. The molecule has 0 fully saturated rings. The standard InChI is InChI=1S/C14H17N3O2/c1-9(8-15)14-16-13(17-19-14)11-6-7-18-12-5-3-2-4-10(11)12/h2-5,9,11H,6-8,15H2,1H3. The molecular weight excluding hydrogens is 242 g/mol. The van der Waals surface area contributed by atoms with Crippen molar-refractivity contribution in [3.63, 3.8) is 0 Å². The fraction of sp³-hybridized carbons (Fsp3) is 0.429. The summed E-state index contributed by atoms with van der Waals surface area (Å²) in [4.78, 5) is 4.49. The molecule has 0 spiro atoms. The zero-order valence-corrected chi connectivity index (χ0v) is 10.9. The van der Waals surface area contributed by atoms with E-state index < -0.39 is 0 Å². The van der Waals surface area contributed by atoms with Gasteiger partial charge in [0.15, 0.2) is 5.82 Å². The number of benzene rings is 1. The monoisotopic (exact) mass is 259 g/mol. The maximum Gasteiger partial charge on any atom is 0.230 e. The summed E-state index contributed by atoms with van der Waals surface area (Å²) in [6.07, 6.45) is 0.868. The van der Waals surface area contributed by atoms with E-state index in [1.54, 1.807) is 0 Å². The number of aromatic nitrogens is 2. The highest BCUT2D eigenvalue weighted by Gasteiger charge is 2.27. The van der Waals surface area contributed by atoms with Gasteiger partial charge in [-0.15, -0.1) is 0 Å². The number of fused-ring (bicyclic) bond motifs is 1. The zero-order valence-electron chi connectivity index (χ0n) is 10.9. The molecule has 0 aliphatic carbocycles. The highest BCUT2D eigenvalue weighted by Crippen LogP contribution is 2.36. The highest BCUT2D eigenvalue weighted by atomic mass is 16.5. The number of rotatable bonds is 3. The normalized spacial score (nSPS) is 19.6. The van der Waals surface area contributed by atoms with Gasteiger partial charge in [-0.25, -0.2) is 0 Å². The zero-order chi connectivity index (χ0) is 13.2. The molecule has 5 nitrogen and oxygen atoms in total. The summed E-state index contributed by atoms with van der Waals surface area (Å²) in [6.45, 7) is 3.17. The molecule has 1 aliphatic heterocycles. The van der Waals surface area contributed by atoms with Crippen LogP contribution >= 0.6 is 0 Å². The van der Waals surface area contributed by atoms with Crippen molar-refractivity contribution >= 4 is 0 Å². The summed E-state index contributed by atoms with van der Waals surface area (Å²) >= 11 is 0. The molecule has 5 heteroatoms. The maximum atomic E-state index is 5.64. The molecule has 1 aliphatic rings. The van der Waals surface area contributed by atoms with Crippen LogP contribution in [0.15, 0.2) is 28.8 Å². The molecule has 0 saturated carbocycles. The van der Waals surface area contributed by atoms with Gasteiger partial charge >= 0.3 is 0 Å². The Balaban J connectivity index is 1.93. The predicted molar refractivity (Wildman–Crippen MR) is 70.2 cm³/mol. The predicted octanol–water partition coefficient (Wildman–Crippen LogP) is 2.05. The topological polar surface area (TPSA) is 74.2 Å². The van der Waals surface area contributed by atoms with E-state index in [1.807, 2.05) is 25.1 Å². The molecule has 2 N–H and O–H groups in total. The second-order valence-electron chi connectivity index (χ2n) is 4.86. The van der Waals surface area contributed by atoms with Gasteiger partial charge in [0.2, 0.25) is 5.89 Å². The number of ether oxygens (including phenoxy) is 1. The van der Waals surface area contributed by atoms with Crippen molar-refractivity contribution in [3.8, 4) is 5.75 Å². The van der Waals surface area contributed by atoms with Crippen molar-refractivity contribution in [1.82, 2.24) is 10.1 Å². The van der Waals surface area contributed by atoms with Crippen LogP contribution in [0.25, 0.3) is 0 Å². The first kappa shape index (κ1) is 12.2. The van der Waals surface area contributed by atoms with E-state index in [1.165, 1.54) is 0 Å². The van der Waals surface area contributed by atoms with Crippen molar-refractivity contribution in [2.24, 2.45) is 5.73 Å². The number of nitrogens with zero attached hydrogens (tertiary/aromatic N) is 2. The van der Waals surface area contributed by atoms with Crippen LogP contribution in [0.4, 0.5) is 0 Å². The molecule has 100 valence electrons. The Morgan fingerprint density at radius 3 is 3.11 bits per heavy atom. The minimum absolute atomic E-state index is 0.0938. The highest BCUT2D eigenvalue weighted by molar-refractivity contribution is 5.40. The van der Waals surface area contributed by atoms with Crippen LogP contribution in [-0.2, 0) is 0 Å². The molecule has 2 aromatic rings. The molecule has 0 bridgehead atoms. The molecule has 0 amide bonds. The van der Waals surface area contributed by atoms with Gasteiger partial charge in [0.25, 0.3) is 0 Å². The van der Waals surface area contributed by atoms with E-state index in [4.69, 9.17) is 15.0 Å². The van der Waals surface area contributed by atoms with Gasteiger partial charge in [-0.3, -0.25) is 0 Å². The average Bonchev–Trinajstić information content (AvgIpc) is 2.95. The lowest BCUT2D eigenvalue weighted by Crippen LogP contribution is -2.16. The molecule has 0 radical (unpaired) electrons. The molecular formula is C14H17N3O2. The van der Waals surface area contributed by atoms with Crippen LogP contribution in [0.5, 0.6) is 5.75 Å². The number of hydrogen-bond acceptors (Lipinski definition) is 5. The van der Waals surface area contributed by atoms with Gasteiger partial charge in [-0.2, -0.15) is 4.98 Å². The molecule has 1 aromatic heterocycles. The quantitative estimate of drug-likeness (QED) is 0.913. The second kappa shape index (κ2) is 5.01. The molecule has 2 heterocycles. The molecule has 1 aromatic carbocycles. The average molecular weight is 259 g/mol. The smallest absolute Gasteiger partial charge is 0.230 e. The number of nitrogens with two attached hydrogens (primary N) is 1. The third kappa shape index (κ3) is 2.21. The minimum Gasteiger partial charge on any atom is -0.493 e. The van der Waals surface area contributed by atoms with Crippen LogP contribution in [0.1, 0.15) is 42.5 Å². The summed E-state index contributed by atoms with van der Waals surface area (Å²) in [6, 6.07) is 8.01. The first-order chi connectivity index (χ1) is 9.29. The Morgan fingerprint density at radius 2 is 2.26 bits per heavy atom. The Morgan fingerprint density at radius 1 is 1.42 bits per heavy atom. The van der Waals surface area contributed by atoms with Crippen LogP contribution in [0.2, 0.25) is 0 Å². The van der Waals surface area contributed by atoms with Crippen molar-refractivity contribution in [2.45, 2.75) is 25.2 Å². The van der Waals surface area contributed by atoms with Crippen LogP contribution in [0, 0.1) is 0 Å². The summed E-state index contributed by atoms with van der Waals surface area (Å²) in [7, 11) is 0. The number of para-hydroxylation sites is 1. The lowest BCUT2D eigenvalue weighted by Gasteiger charge is -2.23. The molecule has 3 rings (SSSR count). The Kier molecular flexibility index (Phi) is 3.21. The van der Waals surface area contributed by atoms with E-state index in [0.29, 0.717) is 19.0 Å². The third-order valence-electron chi connectivity index (χ3n) is 3.50. The summed E-state index contributed by atoms with van der Waals surface area (Å²) in [5.74, 6) is 2.49. The lowest BCUT2D eigenvalue weighted by atomic mass is 9.92. The van der Waals surface area contributed by atoms with Crippen molar-refractivity contribution in [1.29, 1.82) is 0 Å². The molecule has 2 atom stereocenters. The van der Waals surface area contributed by atoms with Gasteiger partial charge in [0.05, 0.1) is 12.5 Å². The van der Waals surface area contributed by atoms with E-state index in [-0.39, 0.29) is 11.8 Å².